The van der Waals surface area contributed by atoms with Gasteiger partial charge in [0.05, 0.1) is 11.8 Å². The largest absolute Gasteiger partial charge is 0.390 e. The lowest BCUT2D eigenvalue weighted by Crippen LogP contribution is -2.20. The Bertz CT molecular complexity index is 339. The molecule has 0 bridgehead atoms. The second kappa shape index (κ2) is 5.14. The van der Waals surface area contributed by atoms with Gasteiger partial charge in [-0.3, -0.25) is 4.79 Å². The van der Waals surface area contributed by atoms with Gasteiger partial charge in [0.15, 0.2) is 5.43 Å². The van der Waals surface area contributed by atoms with E-state index >= 15 is 0 Å². The van der Waals surface area contributed by atoms with Crippen LogP contribution in [-0.2, 0) is 0 Å². The van der Waals surface area contributed by atoms with Crippen LogP contribution < -0.4 is 5.43 Å². The van der Waals surface area contributed by atoms with E-state index in [1.165, 1.54) is 18.3 Å². The zero-order chi connectivity index (χ0) is 10.6. The number of aromatic amines is 1. The molecule has 1 aromatic heterocycles. The number of halogens is 1. The standard InChI is InChI=1S/C9H12ClNO3/c10-3-1-8(13)9(14)7-5-6(12)2-4-11-7/h2,4-5,8-9,13-14H,1,3H2,(H,11,12). The molecule has 0 radical (unpaired) electrons. The average molecular weight is 218 g/mol. The van der Waals surface area contributed by atoms with Gasteiger partial charge in [-0.2, -0.15) is 0 Å². The molecule has 0 spiro atoms. The van der Waals surface area contributed by atoms with E-state index in [-0.39, 0.29) is 17.7 Å². The van der Waals surface area contributed by atoms with E-state index in [4.69, 9.17) is 11.6 Å². The topological polar surface area (TPSA) is 73.3 Å². The van der Waals surface area contributed by atoms with Crippen molar-refractivity contribution in [3.05, 3.63) is 34.2 Å². The fraction of sp³-hybridized carbons (Fsp3) is 0.444. The third-order valence-electron chi connectivity index (χ3n) is 1.88. The molecule has 0 aliphatic carbocycles. The smallest absolute Gasteiger partial charge is 0.181 e. The van der Waals surface area contributed by atoms with Crippen LogP contribution in [0, 0.1) is 0 Å². The quantitative estimate of drug-likeness (QED) is 0.640. The molecule has 4 nitrogen and oxygen atoms in total. The minimum Gasteiger partial charge on any atom is -0.390 e. The number of aliphatic hydroxyl groups excluding tert-OH is 2. The van der Waals surface area contributed by atoms with Crippen LogP contribution in [0.25, 0.3) is 0 Å². The summed E-state index contributed by atoms with van der Waals surface area (Å²) in [6.45, 7) is 0. The first kappa shape index (κ1) is 11.2. The maximum absolute atomic E-state index is 10.9. The van der Waals surface area contributed by atoms with Crippen LogP contribution in [0.3, 0.4) is 0 Å². The van der Waals surface area contributed by atoms with Gasteiger partial charge < -0.3 is 15.2 Å². The Labute approximate surface area is 86.2 Å². The normalized spacial score (nSPS) is 15.1. The fourth-order valence-corrected chi connectivity index (χ4v) is 1.33. The highest BCUT2D eigenvalue weighted by molar-refractivity contribution is 6.17. The number of hydrogen-bond acceptors (Lipinski definition) is 3. The molecule has 14 heavy (non-hydrogen) atoms. The highest BCUT2D eigenvalue weighted by atomic mass is 35.5. The highest BCUT2D eigenvalue weighted by Gasteiger charge is 2.18. The van der Waals surface area contributed by atoms with Crippen molar-refractivity contribution >= 4 is 11.6 Å². The van der Waals surface area contributed by atoms with Gasteiger partial charge in [0.25, 0.3) is 0 Å². The Morgan fingerprint density at radius 2 is 2.21 bits per heavy atom. The van der Waals surface area contributed by atoms with Gasteiger partial charge in [-0.25, -0.2) is 0 Å². The molecule has 1 rings (SSSR count). The molecule has 0 fully saturated rings. The molecular formula is C9H12ClNO3. The molecule has 0 saturated carbocycles. The predicted molar refractivity (Wildman–Crippen MR) is 53.4 cm³/mol. The Morgan fingerprint density at radius 3 is 2.79 bits per heavy atom. The van der Waals surface area contributed by atoms with Gasteiger partial charge in [-0.05, 0) is 6.42 Å². The molecule has 1 heterocycles. The summed E-state index contributed by atoms with van der Waals surface area (Å²) in [4.78, 5) is 13.6. The third-order valence-corrected chi connectivity index (χ3v) is 2.10. The number of H-pyrrole nitrogens is 1. The number of alkyl halides is 1. The first-order valence-corrected chi connectivity index (χ1v) is 4.79. The third kappa shape index (κ3) is 2.83. The first-order chi connectivity index (χ1) is 6.65. The van der Waals surface area contributed by atoms with Crippen LogP contribution in [0.5, 0.6) is 0 Å². The SMILES string of the molecule is O=c1cc[nH]c(C(O)C(O)CCCl)c1. The molecule has 3 N–H and O–H groups in total. The van der Waals surface area contributed by atoms with E-state index < -0.39 is 12.2 Å². The molecule has 0 amide bonds. The molecule has 2 atom stereocenters. The van der Waals surface area contributed by atoms with Crippen molar-refractivity contribution in [1.29, 1.82) is 0 Å². The molecule has 0 aliphatic rings. The van der Waals surface area contributed by atoms with Crippen LogP contribution in [0.4, 0.5) is 0 Å². The molecular weight excluding hydrogens is 206 g/mol. The van der Waals surface area contributed by atoms with Gasteiger partial charge in [0.1, 0.15) is 6.10 Å². The van der Waals surface area contributed by atoms with Gasteiger partial charge in [0, 0.05) is 24.2 Å². The molecule has 0 aromatic carbocycles. The lowest BCUT2D eigenvalue weighted by Gasteiger charge is -2.16. The number of aliphatic hydroxyl groups is 2. The van der Waals surface area contributed by atoms with Crippen molar-refractivity contribution in [2.75, 3.05) is 5.88 Å². The molecule has 78 valence electrons. The summed E-state index contributed by atoms with van der Waals surface area (Å²) in [7, 11) is 0. The summed E-state index contributed by atoms with van der Waals surface area (Å²) in [5.41, 5.74) is 0.0889. The molecule has 1 aromatic rings. The zero-order valence-electron chi connectivity index (χ0n) is 7.48. The highest BCUT2D eigenvalue weighted by Crippen LogP contribution is 2.15. The minimum absolute atomic E-state index is 0.212. The van der Waals surface area contributed by atoms with Crippen molar-refractivity contribution in [2.24, 2.45) is 0 Å². The van der Waals surface area contributed by atoms with Gasteiger partial charge >= 0.3 is 0 Å². The van der Waals surface area contributed by atoms with Crippen LogP contribution in [0.15, 0.2) is 23.1 Å². The van der Waals surface area contributed by atoms with E-state index in [0.29, 0.717) is 5.69 Å². The zero-order valence-corrected chi connectivity index (χ0v) is 8.24. The summed E-state index contributed by atoms with van der Waals surface area (Å²) in [5, 5.41) is 19.0. The van der Waals surface area contributed by atoms with Crippen molar-refractivity contribution in [3.63, 3.8) is 0 Å². The van der Waals surface area contributed by atoms with E-state index in [1.54, 1.807) is 0 Å². The van der Waals surface area contributed by atoms with Crippen molar-refractivity contribution in [2.45, 2.75) is 18.6 Å². The summed E-state index contributed by atoms with van der Waals surface area (Å²) < 4.78 is 0. The Balaban J connectivity index is 2.78. The summed E-state index contributed by atoms with van der Waals surface area (Å²) in [5.74, 6) is 0.259. The second-order valence-electron chi connectivity index (χ2n) is 2.97. The number of aromatic nitrogens is 1. The average Bonchev–Trinajstić information content (AvgIpc) is 2.17. The van der Waals surface area contributed by atoms with Gasteiger partial charge in [0.2, 0.25) is 0 Å². The van der Waals surface area contributed by atoms with E-state index in [2.05, 4.69) is 4.98 Å². The van der Waals surface area contributed by atoms with Crippen molar-refractivity contribution in [3.8, 4) is 0 Å². The van der Waals surface area contributed by atoms with Crippen LogP contribution in [0.2, 0.25) is 0 Å². The number of rotatable bonds is 4. The molecule has 2 unspecified atom stereocenters. The van der Waals surface area contributed by atoms with Gasteiger partial charge in [-0.15, -0.1) is 11.6 Å². The van der Waals surface area contributed by atoms with Gasteiger partial charge in [-0.1, -0.05) is 0 Å². The van der Waals surface area contributed by atoms with Crippen LogP contribution in [-0.4, -0.2) is 27.2 Å². The fourth-order valence-electron chi connectivity index (χ4n) is 1.11. The van der Waals surface area contributed by atoms with Crippen LogP contribution >= 0.6 is 11.6 Å². The number of hydrogen-bond donors (Lipinski definition) is 3. The summed E-state index contributed by atoms with van der Waals surface area (Å²) in [6, 6.07) is 2.59. The van der Waals surface area contributed by atoms with E-state index in [1.807, 2.05) is 0 Å². The Hall–Kier alpha value is -0.840. The Kier molecular flexibility index (Phi) is 4.13. The minimum atomic E-state index is -1.09. The number of nitrogens with one attached hydrogen (secondary N) is 1. The number of pyridine rings is 1. The summed E-state index contributed by atoms with van der Waals surface area (Å²) in [6.07, 6.45) is -0.346. The van der Waals surface area contributed by atoms with E-state index in [9.17, 15) is 15.0 Å². The lowest BCUT2D eigenvalue weighted by molar-refractivity contribution is 0.0144. The second-order valence-corrected chi connectivity index (χ2v) is 3.35. The predicted octanol–water partition coefficient (Wildman–Crippen LogP) is 0.398. The molecule has 0 aliphatic heterocycles. The maximum atomic E-state index is 10.9. The monoisotopic (exact) mass is 217 g/mol. The first-order valence-electron chi connectivity index (χ1n) is 4.26. The lowest BCUT2D eigenvalue weighted by atomic mass is 10.1. The molecule has 5 heteroatoms. The van der Waals surface area contributed by atoms with Crippen molar-refractivity contribution in [1.82, 2.24) is 4.98 Å². The Morgan fingerprint density at radius 1 is 1.50 bits per heavy atom. The summed E-state index contributed by atoms with van der Waals surface area (Å²) >= 11 is 5.42. The van der Waals surface area contributed by atoms with Crippen LogP contribution in [0.1, 0.15) is 18.2 Å². The van der Waals surface area contributed by atoms with E-state index in [0.717, 1.165) is 0 Å². The maximum Gasteiger partial charge on any atom is 0.181 e. The molecule has 0 saturated heterocycles. The van der Waals surface area contributed by atoms with Crippen molar-refractivity contribution < 1.29 is 10.2 Å².